The van der Waals surface area contributed by atoms with E-state index in [1.54, 1.807) is 47.3 Å². The van der Waals surface area contributed by atoms with Gasteiger partial charge in [-0.25, -0.2) is 17.6 Å². The van der Waals surface area contributed by atoms with Crippen LogP contribution in [0.1, 0.15) is 34.0 Å². The summed E-state index contributed by atoms with van der Waals surface area (Å²) in [5.74, 6) is -3.57. The van der Waals surface area contributed by atoms with E-state index in [4.69, 9.17) is 0 Å². The van der Waals surface area contributed by atoms with Crippen LogP contribution in [-0.2, 0) is 20.1 Å². The number of hydrogen-bond acceptors (Lipinski definition) is 5. The van der Waals surface area contributed by atoms with Gasteiger partial charge < -0.3 is 25.3 Å². The predicted octanol–water partition coefficient (Wildman–Crippen LogP) is 7.34. The molecular weight excluding hydrogens is 741 g/mol. The van der Waals surface area contributed by atoms with Crippen molar-refractivity contribution in [2.75, 3.05) is 0 Å². The van der Waals surface area contributed by atoms with Crippen LogP contribution >= 0.6 is 0 Å². The van der Waals surface area contributed by atoms with Gasteiger partial charge in [0.1, 0.15) is 23.8 Å². The first-order valence-electron chi connectivity index (χ1n) is 12.8. The number of pyridine rings is 4. The summed E-state index contributed by atoms with van der Waals surface area (Å²) in [4.78, 5) is 13.9. The predicted molar refractivity (Wildman–Crippen MR) is 151 cm³/mol. The third kappa shape index (κ3) is 11.7. The van der Waals surface area contributed by atoms with E-state index in [1.807, 2.05) is 40.0 Å². The molecule has 0 amide bonds. The molecule has 0 spiro atoms. The molecule has 0 aromatic carbocycles. The smallest absolute Gasteiger partial charge is 0.128 e. The third-order valence-electron chi connectivity index (χ3n) is 4.96. The maximum atomic E-state index is 13.1. The third-order valence-corrected chi connectivity index (χ3v) is 4.96. The molecule has 0 atom stereocenters. The average Bonchev–Trinajstić information content (AvgIpc) is 3.49. The molecule has 5 aromatic rings. The van der Waals surface area contributed by atoms with Crippen LogP contribution in [0.3, 0.4) is 0 Å². The number of rotatable bonds is 7. The zero-order valence-corrected chi connectivity index (χ0v) is 26.1. The molecule has 5 aromatic heterocycles. The van der Waals surface area contributed by atoms with Crippen molar-refractivity contribution < 1.29 is 37.7 Å². The Morgan fingerprint density at radius 3 is 1.47 bits per heavy atom. The standard InChI is InChI=1S/2C10H5F2N2.C10H18N4.Ir/c2*11-9-5-4-7(10(12)14-9)8-3-1-2-6-13-8;1-8(2)12-10(13-9(3)4)14-7-5-6-11-14;/h2*1-3,5-6H;5-10H,1-4H3;/q2*-1;-2;. The van der Waals surface area contributed by atoms with Crippen molar-refractivity contribution in [1.29, 1.82) is 0 Å². The Morgan fingerprint density at radius 1 is 0.674 bits per heavy atom. The SMILES string of the molecule is CC(C)[N-]C([N-]C(C)C)n1cccn1.Fc1c[c-]c(-c2ccccn2)c(F)n1.Fc1c[c-]c(-c2ccccn2)c(F)n1.[Ir]. The molecule has 0 aliphatic rings. The van der Waals surface area contributed by atoms with Crippen molar-refractivity contribution in [2.45, 2.75) is 46.1 Å². The number of aromatic nitrogens is 6. The largest absolute Gasteiger partial charge is 0.657 e. The van der Waals surface area contributed by atoms with Crippen LogP contribution in [0.15, 0.2) is 79.4 Å². The molecule has 0 saturated heterocycles. The van der Waals surface area contributed by atoms with Crippen LogP contribution in [0.5, 0.6) is 0 Å². The quantitative estimate of drug-likeness (QED) is 0.0981. The summed E-state index contributed by atoms with van der Waals surface area (Å²) in [6.45, 7) is 8.19. The Balaban J connectivity index is 0.000000223. The van der Waals surface area contributed by atoms with Gasteiger partial charge in [-0.1, -0.05) is 75.2 Å². The fraction of sp³-hybridized carbons (Fsp3) is 0.233. The van der Waals surface area contributed by atoms with E-state index in [1.165, 1.54) is 12.4 Å². The summed E-state index contributed by atoms with van der Waals surface area (Å²) in [6, 6.07) is 19.3. The Kier molecular flexibility index (Phi) is 14.7. The van der Waals surface area contributed by atoms with Crippen molar-refractivity contribution in [3.05, 3.63) is 126 Å². The second-order valence-corrected chi connectivity index (χ2v) is 9.03. The molecule has 0 saturated carbocycles. The van der Waals surface area contributed by atoms with Crippen molar-refractivity contribution in [1.82, 2.24) is 29.7 Å². The minimum absolute atomic E-state index is 0. The molecule has 0 aliphatic heterocycles. The molecule has 0 fully saturated rings. The van der Waals surface area contributed by atoms with E-state index in [0.29, 0.717) is 11.4 Å². The molecule has 0 N–H and O–H groups in total. The summed E-state index contributed by atoms with van der Waals surface area (Å²) < 4.78 is 52.9. The van der Waals surface area contributed by atoms with Crippen LogP contribution in [0.4, 0.5) is 17.6 Å². The molecule has 43 heavy (non-hydrogen) atoms. The Bertz CT molecular complexity index is 1390. The van der Waals surface area contributed by atoms with Crippen LogP contribution in [0.25, 0.3) is 33.1 Å². The van der Waals surface area contributed by atoms with Gasteiger partial charge in [0.05, 0.1) is 0 Å². The molecule has 0 unspecified atom stereocenters. The first-order chi connectivity index (χ1) is 20.1. The van der Waals surface area contributed by atoms with Gasteiger partial charge in [0.15, 0.2) is 0 Å². The molecule has 5 rings (SSSR count). The zero-order chi connectivity index (χ0) is 30.5. The molecule has 5 heterocycles. The van der Waals surface area contributed by atoms with E-state index in [9.17, 15) is 17.6 Å². The maximum absolute atomic E-state index is 13.1. The van der Waals surface area contributed by atoms with E-state index in [2.05, 4.69) is 47.8 Å². The number of hydrogen-bond donors (Lipinski definition) is 0. The van der Waals surface area contributed by atoms with Crippen molar-refractivity contribution in [3.63, 3.8) is 0 Å². The van der Waals surface area contributed by atoms with E-state index in [0.717, 1.165) is 12.1 Å². The molecule has 8 nitrogen and oxygen atoms in total. The minimum atomic E-state index is -0.899. The van der Waals surface area contributed by atoms with Crippen LogP contribution in [0.2, 0.25) is 0 Å². The van der Waals surface area contributed by atoms with Crippen molar-refractivity contribution >= 4 is 0 Å². The van der Waals surface area contributed by atoms with E-state index >= 15 is 0 Å². The second-order valence-electron chi connectivity index (χ2n) is 9.03. The second kappa shape index (κ2) is 17.9. The molecular formula is C30H28F4IrN8-4. The summed E-state index contributed by atoms with van der Waals surface area (Å²) in [5, 5.41) is 13.1. The van der Waals surface area contributed by atoms with Gasteiger partial charge in [0.2, 0.25) is 0 Å². The molecule has 0 bridgehead atoms. The Hall–Kier alpha value is -3.90. The fourth-order valence-corrected chi connectivity index (χ4v) is 3.25. The van der Waals surface area contributed by atoms with E-state index < -0.39 is 23.8 Å². The number of halogens is 4. The minimum Gasteiger partial charge on any atom is -0.657 e. The van der Waals surface area contributed by atoms with Crippen molar-refractivity contribution in [2.24, 2.45) is 0 Å². The summed E-state index contributed by atoms with van der Waals surface area (Å²) in [7, 11) is 0. The Morgan fingerprint density at radius 2 is 1.14 bits per heavy atom. The maximum Gasteiger partial charge on any atom is 0.128 e. The Labute approximate surface area is 261 Å². The topological polar surface area (TPSA) is 97.6 Å². The average molecular weight is 769 g/mol. The first kappa shape index (κ1) is 35.3. The van der Waals surface area contributed by atoms with Crippen LogP contribution < -0.4 is 0 Å². The molecule has 1 radical (unpaired) electrons. The van der Waals surface area contributed by atoms with E-state index in [-0.39, 0.29) is 49.6 Å². The van der Waals surface area contributed by atoms with Gasteiger partial charge >= 0.3 is 0 Å². The molecule has 229 valence electrons. The number of nitrogens with zero attached hydrogens (tertiary/aromatic N) is 8. The van der Waals surface area contributed by atoms with Gasteiger partial charge in [-0.15, -0.1) is 30.5 Å². The van der Waals surface area contributed by atoms with Gasteiger partial charge in [-0.2, -0.15) is 5.10 Å². The molecule has 0 aliphatic carbocycles. The van der Waals surface area contributed by atoms with Gasteiger partial charge in [-0.3, -0.25) is 9.97 Å². The first-order valence-corrected chi connectivity index (χ1v) is 12.8. The monoisotopic (exact) mass is 769 g/mol. The zero-order valence-electron chi connectivity index (χ0n) is 23.7. The van der Waals surface area contributed by atoms with Crippen LogP contribution in [0, 0.1) is 35.9 Å². The van der Waals surface area contributed by atoms with Gasteiger partial charge in [0.25, 0.3) is 0 Å². The van der Waals surface area contributed by atoms with Gasteiger partial charge in [-0.05, 0) is 29.6 Å². The normalized spacial score (nSPS) is 10.5. The summed E-state index contributed by atoms with van der Waals surface area (Å²) >= 11 is 0. The van der Waals surface area contributed by atoms with Crippen molar-refractivity contribution in [3.8, 4) is 22.5 Å². The summed E-state index contributed by atoms with van der Waals surface area (Å²) in [5.41, 5.74) is 0.925. The fourth-order valence-electron chi connectivity index (χ4n) is 3.25. The van der Waals surface area contributed by atoms with Crippen LogP contribution in [-0.4, -0.2) is 41.8 Å². The molecule has 13 heteroatoms. The summed E-state index contributed by atoms with van der Waals surface area (Å²) in [6.07, 6.45) is 6.50. The van der Waals surface area contributed by atoms with Gasteiger partial charge in [0, 0.05) is 44.9 Å².